The molecule has 0 aliphatic rings. The molecule has 0 saturated heterocycles. The Labute approximate surface area is 118 Å². The Bertz CT molecular complexity index is 379. The van der Waals surface area contributed by atoms with Gasteiger partial charge in [0.1, 0.15) is 35.6 Å². The van der Waals surface area contributed by atoms with Crippen LogP contribution in [-0.2, 0) is 28.7 Å². The maximum atomic E-state index is 11.5. The minimum Gasteiger partial charge on any atom is -0.455 e. The number of hydrogen-bond acceptors (Lipinski definition) is 6. The molecule has 0 aromatic carbocycles. The van der Waals surface area contributed by atoms with Gasteiger partial charge < -0.3 is 9.47 Å². The van der Waals surface area contributed by atoms with Crippen molar-refractivity contribution in [1.29, 1.82) is 0 Å². The fourth-order valence-electron chi connectivity index (χ4n) is 1.29. The van der Waals surface area contributed by atoms with E-state index in [0.717, 1.165) is 0 Å². The zero-order valence-corrected chi connectivity index (χ0v) is 12.9. The highest BCUT2D eigenvalue weighted by atomic mass is 16.6. The molecule has 0 bridgehead atoms. The number of carbonyl (C=O) groups excluding carboxylic acids is 4. The maximum Gasteiger partial charge on any atom is 0.313 e. The van der Waals surface area contributed by atoms with Crippen LogP contribution >= 0.6 is 0 Å². The molecule has 0 aliphatic heterocycles. The van der Waals surface area contributed by atoms with E-state index < -0.39 is 23.1 Å². The summed E-state index contributed by atoms with van der Waals surface area (Å²) in [5.74, 6) is -1.98. The summed E-state index contributed by atoms with van der Waals surface area (Å²) in [7, 11) is 0. The molecule has 0 saturated carbocycles. The quantitative estimate of drug-likeness (QED) is 0.521. The van der Waals surface area contributed by atoms with Crippen molar-refractivity contribution in [2.75, 3.05) is 0 Å². The second-order valence-electron chi connectivity index (χ2n) is 5.73. The largest absolute Gasteiger partial charge is 0.455 e. The van der Waals surface area contributed by atoms with Crippen molar-refractivity contribution in [3.8, 4) is 0 Å². The van der Waals surface area contributed by atoms with E-state index >= 15 is 0 Å². The van der Waals surface area contributed by atoms with E-state index in [4.69, 9.17) is 9.47 Å². The lowest BCUT2D eigenvalue weighted by atomic mass is 9.89. The third-order valence-electron chi connectivity index (χ3n) is 2.97. The molecular formula is C14H22O6. The summed E-state index contributed by atoms with van der Waals surface area (Å²) in [6, 6.07) is 0. The molecule has 0 rings (SSSR count). The van der Waals surface area contributed by atoms with Crippen molar-refractivity contribution in [3.05, 3.63) is 0 Å². The molecule has 0 N–H and O–H groups in total. The van der Waals surface area contributed by atoms with Crippen LogP contribution in [0.15, 0.2) is 0 Å². The molecule has 0 aromatic rings. The summed E-state index contributed by atoms with van der Waals surface area (Å²) >= 11 is 0. The average molecular weight is 286 g/mol. The van der Waals surface area contributed by atoms with Gasteiger partial charge in [0, 0.05) is 0 Å². The van der Waals surface area contributed by atoms with Crippen LogP contribution in [-0.4, -0.2) is 34.7 Å². The van der Waals surface area contributed by atoms with Crippen LogP contribution < -0.4 is 0 Å². The zero-order chi connectivity index (χ0) is 16.1. The van der Waals surface area contributed by atoms with Crippen LogP contribution in [0.1, 0.15) is 54.4 Å². The molecule has 114 valence electrons. The van der Waals surface area contributed by atoms with Crippen LogP contribution in [0.5, 0.6) is 0 Å². The zero-order valence-electron chi connectivity index (χ0n) is 12.9. The topological polar surface area (TPSA) is 86.7 Å². The Hall–Kier alpha value is -1.72. The van der Waals surface area contributed by atoms with Gasteiger partial charge in [-0.25, -0.2) is 0 Å². The van der Waals surface area contributed by atoms with Gasteiger partial charge in [-0.1, -0.05) is 0 Å². The number of esters is 2. The highest BCUT2D eigenvalue weighted by Gasteiger charge is 2.44. The van der Waals surface area contributed by atoms with Crippen LogP contribution in [0, 0.1) is 0 Å². The first kappa shape index (κ1) is 18.3. The molecule has 0 fully saturated rings. The van der Waals surface area contributed by atoms with Crippen LogP contribution in [0.25, 0.3) is 0 Å². The molecule has 0 unspecified atom stereocenters. The molecule has 0 aromatic heterocycles. The lowest BCUT2D eigenvalue weighted by molar-refractivity contribution is -0.199. The van der Waals surface area contributed by atoms with Gasteiger partial charge in [-0.05, 0) is 41.5 Å². The summed E-state index contributed by atoms with van der Waals surface area (Å²) in [6.45, 7) is 8.87. The Morgan fingerprint density at radius 3 is 1.15 bits per heavy atom. The minimum absolute atomic E-state index is 0.308. The lowest BCUT2D eigenvalue weighted by Gasteiger charge is -2.39. The van der Waals surface area contributed by atoms with Gasteiger partial charge in [0.2, 0.25) is 0 Å². The number of ether oxygens (including phenoxy) is 2. The van der Waals surface area contributed by atoms with Crippen LogP contribution in [0.2, 0.25) is 0 Å². The number of carbonyl (C=O) groups is 4. The van der Waals surface area contributed by atoms with Crippen molar-refractivity contribution < 1.29 is 28.7 Å². The van der Waals surface area contributed by atoms with Gasteiger partial charge in [-0.3, -0.25) is 19.2 Å². The Morgan fingerprint density at radius 1 is 0.700 bits per heavy atom. The van der Waals surface area contributed by atoms with E-state index in [1.165, 1.54) is 13.8 Å². The first-order chi connectivity index (χ1) is 8.87. The van der Waals surface area contributed by atoms with Crippen molar-refractivity contribution in [2.24, 2.45) is 0 Å². The lowest BCUT2D eigenvalue weighted by Crippen LogP contribution is -2.51. The van der Waals surface area contributed by atoms with Crippen molar-refractivity contribution >= 4 is 23.5 Å². The number of rotatable bonds is 7. The molecule has 6 heteroatoms. The van der Waals surface area contributed by atoms with Gasteiger partial charge in [-0.15, -0.1) is 0 Å². The molecule has 0 amide bonds. The first-order valence-electron chi connectivity index (χ1n) is 6.30. The maximum absolute atomic E-state index is 11.5. The van der Waals surface area contributed by atoms with E-state index in [0.29, 0.717) is 0 Å². The Morgan fingerprint density at radius 2 is 0.950 bits per heavy atom. The number of Topliss-reactive ketones (excluding diaryl/α,β-unsaturated/α-hetero) is 2. The van der Waals surface area contributed by atoms with E-state index in [-0.39, 0.29) is 24.4 Å². The number of hydrogen-bond donors (Lipinski definition) is 0. The van der Waals surface area contributed by atoms with Crippen LogP contribution in [0.3, 0.4) is 0 Å². The second kappa shape index (κ2) is 6.63. The molecule has 0 spiro atoms. The summed E-state index contributed by atoms with van der Waals surface area (Å²) in [4.78, 5) is 44.8. The molecule has 6 nitrogen and oxygen atoms in total. The minimum atomic E-state index is -1.13. The molecule has 0 atom stereocenters. The monoisotopic (exact) mass is 286 g/mol. The molecule has 0 aliphatic carbocycles. The average Bonchev–Trinajstić information content (AvgIpc) is 2.10. The molecule has 0 radical (unpaired) electrons. The highest BCUT2D eigenvalue weighted by Crippen LogP contribution is 2.30. The summed E-state index contributed by atoms with van der Waals surface area (Å²) in [5, 5.41) is 0. The summed E-state index contributed by atoms with van der Waals surface area (Å²) in [6.07, 6.45) is -0.665. The van der Waals surface area contributed by atoms with Crippen molar-refractivity contribution in [1.82, 2.24) is 0 Å². The van der Waals surface area contributed by atoms with Gasteiger partial charge in [0.05, 0.1) is 0 Å². The van der Waals surface area contributed by atoms with Crippen molar-refractivity contribution in [3.63, 3.8) is 0 Å². The summed E-state index contributed by atoms with van der Waals surface area (Å²) in [5.41, 5.74) is -2.27. The fraction of sp³-hybridized carbons (Fsp3) is 0.714. The van der Waals surface area contributed by atoms with Crippen molar-refractivity contribution in [2.45, 2.75) is 65.6 Å². The van der Waals surface area contributed by atoms with Crippen LogP contribution in [0.4, 0.5) is 0 Å². The third kappa shape index (κ3) is 5.95. The standard InChI is InChI=1S/C14H22O6/c1-9(15)7-11(17)19-13(3,4)14(5,6)20-12(18)8-10(2)16/h7-8H2,1-6H3. The normalized spacial score (nSPS) is 11.7. The van der Waals surface area contributed by atoms with E-state index in [9.17, 15) is 19.2 Å². The van der Waals surface area contributed by atoms with Gasteiger partial charge >= 0.3 is 11.9 Å². The van der Waals surface area contributed by atoms with E-state index in [2.05, 4.69) is 0 Å². The Kier molecular flexibility index (Phi) is 6.06. The highest BCUT2D eigenvalue weighted by molar-refractivity contribution is 5.95. The van der Waals surface area contributed by atoms with Gasteiger partial charge in [-0.2, -0.15) is 0 Å². The predicted molar refractivity (Wildman–Crippen MR) is 70.9 cm³/mol. The van der Waals surface area contributed by atoms with Gasteiger partial charge in [0.15, 0.2) is 0 Å². The predicted octanol–water partition coefficient (Wildman–Crippen LogP) is 1.59. The first-order valence-corrected chi connectivity index (χ1v) is 6.30. The number of ketones is 2. The smallest absolute Gasteiger partial charge is 0.313 e. The SMILES string of the molecule is CC(=O)CC(=O)OC(C)(C)C(C)(C)OC(=O)CC(C)=O. The van der Waals surface area contributed by atoms with E-state index in [1.807, 2.05) is 0 Å². The van der Waals surface area contributed by atoms with E-state index in [1.54, 1.807) is 27.7 Å². The van der Waals surface area contributed by atoms with Gasteiger partial charge in [0.25, 0.3) is 0 Å². The second-order valence-corrected chi connectivity index (χ2v) is 5.73. The summed E-state index contributed by atoms with van der Waals surface area (Å²) < 4.78 is 10.4. The Balaban J connectivity index is 4.79. The molecular weight excluding hydrogens is 264 g/mol. The fourth-order valence-corrected chi connectivity index (χ4v) is 1.29. The molecule has 0 heterocycles. The molecule has 20 heavy (non-hydrogen) atoms. The third-order valence-corrected chi connectivity index (χ3v) is 2.97.